The van der Waals surface area contributed by atoms with E-state index in [0.29, 0.717) is 0 Å². The van der Waals surface area contributed by atoms with Crippen LogP contribution in [0.3, 0.4) is 0 Å². The predicted octanol–water partition coefficient (Wildman–Crippen LogP) is 1.49. The third-order valence-electron chi connectivity index (χ3n) is 2.95. The largest absolute Gasteiger partial charge is 0.476 e. The lowest BCUT2D eigenvalue weighted by atomic mass is 10.2. The van der Waals surface area contributed by atoms with Crippen molar-refractivity contribution in [3.8, 4) is 0 Å². The monoisotopic (exact) mass is 297 g/mol. The fourth-order valence-electron chi connectivity index (χ4n) is 1.91. The molecule has 1 heterocycles. The van der Waals surface area contributed by atoms with Gasteiger partial charge in [0.25, 0.3) is 0 Å². The molecule has 0 saturated heterocycles. The number of benzene rings is 1. The highest BCUT2D eigenvalue weighted by Crippen LogP contribution is 2.16. The van der Waals surface area contributed by atoms with Gasteiger partial charge < -0.3 is 9.84 Å². The van der Waals surface area contributed by atoms with Crippen LogP contribution in [0.2, 0.25) is 0 Å². The number of carbonyl (C=O) groups is 1. The Labute approximate surface area is 119 Å². The summed E-state index contributed by atoms with van der Waals surface area (Å²) >= 11 is 0. The second-order valence-corrected chi connectivity index (χ2v) is 4.29. The van der Waals surface area contributed by atoms with Gasteiger partial charge in [0.2, 0.25) is 0 Å². The molecule has 0 atom stereocenters. The molecule has 0 aliphatic carbocycles. The lowest BCUT2D eigenvalue weighted by Gasteiger charge is -2.08. The summed E-state index contributed by atoms with van der Waals surface area (Å²) in [5.41, 5.74) is -0.186. The van der Waals surface area contributed by atoms with E-state index in [0.717, 1.165) is 12.1 Å². The zero-order valence-corrected chi connectivity index (χ0v) is 11.2. The fourth-order valence-corrected chi connectivity index (χ4v) is 1.91. The quantitative estimate of drug-likeness (QED) is 0.874. The van der Waals surface area contributed by atoms with E-state index in [1.807, 2.05) is 0 Å². The Balaban J connectivity index is 2.37. The van der Waals surface area contributed by atoms with Gasteiger partial charge in [-0.15, -0.1) is 5.10 Å². The minimum atomic E-state index is -1.25. The van der Waals surface area contributed by atoms with Crippen LogP contribution >= 0.6 is 0 Å². The zero-order chi connectivity index (χ0) is 15.4. The van der Waals surface area contributed by atoms with E-state index in [1.165, 1.54) is 17.9 Å². The van der Waals surface area contributed by atoms with Crippen molar-refractivity contribution in [2.24, 2.45) is 0 Å². The SMILES string of the molecule is COCCc1c(C(=O)O)nnn1Cc1c(F)cccc1F. The summed E-state index contributed by atoms with van der Waals surface area (Å²) in [6.07, 6.45) is 0.223. The number of halogens is 2. The number of aromatic nitrogens is 3. The maximum Gasteiger partial charge on any atom is 0.358 e. The number of aromatic carboxylic acids is 1. The van der Waals surface area contributed by atoms with E-state index in [-0.39, 0.29) is 36.5 Å². The highest BCUT2D eigenvalue weighted by molar-refractivity contribution is 5.86. The Morgan fingerprint density at radius 1 is 1.38 bits per heavy atom. The van der Waals surface area contributed by atoms with Crippen LogP contribution in [0.25, 0.3) is 0 Å². The predicted molar refractivity (Wildman–Crippen MR) is 68.0 cm³/mol. The third kappa shape index (κ3) is 3.22. The molecule has 0 aliphatic rings. The van der Waals surface area contributed by atoms with Gasteiger partial charge in [-0.2, -0.15) is 0 Å². The summed E-state index contributed by atoms with van der Waals surface area (Å²) in [7, 11) is 1.46. The van der Waals surface area contributed by atoms with Crippen LogP contribution in [-0.4, -0.2) is 39.8 Å². The average molecular weight is 297 g/mol. The molecule has 6 nitrogen and oxygen atoms in total. The van der Waals surface area contributed by atoms with E-state index >= 15 is 0 Å². The first-order valence-corrected chi connectivity index (χ1v) is 6.12. The van der Waals surface area contributed by atoms with Crippen molar-refractivity contribution in [2.75, 3.05) is 13.7 Å². The van der Waals surface area contributed by atoms with Gasteiger partial charge in [0.05, 0.1) is 18.8 Å². The first kappa shape index (κ1) is 15.0. The number of rotatable bonds is 6. The molecule has 0 saturated carbocycles. The summed E-state index contributed by atoms with van der Waals surface area (Å²) in [5.74, 6) is -2.69. The molecule has 2 rings (SSSR count). The normalized spacial score (nSPS) is 10.8. The van der Waals surface area contributed by atoms with Crippen molar-refractivity contribution in [1.29, 1.82) is 0 Å². The molecule has 0 bridgehead atoms. The number of carboxylic acid groups (broad SMARTS) is 1. The first-order chi connectivity index (χ1) is 10.0. The molecule has 2 aromatic rings. The van der Waals surface area contributed by atoms with Crippen LogP contribution in [0.1, 0.15) is 21.7 Å². The van der Waals surface area contributed by atoms with Crippen LogP contribution in [-0.2, 0) is 17.7 Å². The Morgan fingerprint density at radius 3 is 2.62 bits per heavy atom. The van der Waals surface area contributed by atoms with Gasteiger partial charge in [-0.05, 0) is 12.1 Å². The third-order valence-corrected chi connectivity index (χ3v) is 2.95. The van der Waals surface area contributed by atoms with Gasteiger partial charge in [-0.25, -0.2) is 18.3 Å². The van der Waals surface area contributed by atoms with Crippen molar-refractivity contribution in [3.63, 3.8) is 0 Å². The molecule has 0 radical (unpaired) electrons. The standard InChI is InChI=1S/C13H13F2N3O3/c1-21-6-5-11-12(13(19)20)16-17-18(11)7-8-9(14)3-2-4-10(8)15/h2-4H,5-7H2,1H3,(H,19,20). The van der Waals surface area contributed by atoms with Crippen LogP contribution in [0, 0.1) is 11.6 Å². The van der Waals surface area contributed by atoms with Crippen molar-refractivity contribution in [1.82, 2.24) is 15.0 Å². The molecule has 0 fully saturated rings. The second kappa shape index (κ2) is 6.40. The van der Waals surface area contributed by atoms with Gasteiger partial charge in [0.1, 0.15) is 11.6 Å². The Hall–Kier alpha value is -2.35. The molecule has 0 amide bonds. The van der Waals surface area contributed by atoms with E-state index in [4.69, 9.17) is 9.84 Å². The van der Waals surface area contributed by atoms with E-state index in [1.54, 1.807) is 0 Å². The maximum atomic E-state index is 13.6. The van der Waals surface area contributed by atoms with Gasteiger partial charge in [-0.1, -0.05) is 11.3 Å². The Kier molecular flexibility index (Phi) is 4.59. The molecule has 8 heteroatoms. The number of methoxy groups -OCH3 is 1. The minimum absolute atomic E-state index is 0.196. The molecule has 1 N–H and O–H groups in total. The number of nitrogens with zero attached hydrogens (tertiary/aromatic N) is 3. The van der Waals surface area contributed by atoms with E-state index in [9.17, 15) is 13.6 Å². The lowest BCUT2D eigenvalue weighted by molar-refractivity contribution is 0.0688. The number of hydrogen-bond donors (Lipinski definition) is 1. The maximum absolute atomic E-state index is 13.6. The molecule has 21 heavy (non-hydrogen) atoms. The molecule has 0 aliphatic heterocycles. The van der Waals surface area contributed by atoms with Gasteiger partial charge in [-0.3, -0.25) is 0 Å². The molecule has 1 aromatic carbocycles. The smallest absolute Gasteiger partial charge is 0.358 e. The zero-order valence-electron chi connectivity index (χ0n) is 11.2. The summed E-state index contributed by atoms with van der Waals surface area (Å²) < 4.78 is 33.3. The Morgan fingerprint density at radius 2 is 2.05 bits per heavy atom. The van der Waals surface area contributed by atoms with Crippen molar-refractivity contribution in [2.45, 2.75) is 13.0 Å². The minimum Gasteiger partial charge on any atom is -0.476 e. The van der Waals surface area contributed by atoms with Crippen LogP contribution < -0.4 is 0 Å². The van der Waals surface area contributed by atoms with Crippen LogP contribution in [0.4, 0.5) is 8.78 Å². The number of hydrogen-bond acceptors (Lipinski definition) is 4. The topological polar surface area (TPSA) is 77.2 Å². The highest BCUT2D eigenvalue weighted by atomic mass is 19.1. The summed E-state index contributed by atoms with van der Waals surface area (Å²) in [4.78, 5) is 11.1. The van der Waals surface area contributed by atoms with E-state index < -0.39 is 17.6 Å². The number of carboxylic acids is 1. The lowest BCUT2D eigenvalue weighted by Crippen LogP contribution is -2.13. The summed E-state index contributed by atoms with van der Waals surface area (Å²) in [6, 6.07) is 3.51. The van der Waals surface area contributed by atoms with E-state index in [2.05, 4.69) is 10.3 Å². The highest BCUT2D eigenvalue weighted by Gasteiger charge is 2.20. The number of ether oxygens (including phenoxy) is 1. The summed E-state index contributed by atoms with van der Waals surface area (Å²) in [6.45, 7) is 0.00520. The van der Waals surface area contributed by atoms with Crippen molar-refractivity contribution >= 4 is 5.97 Å². The summed E-state index contributed by atoms with van der Waals surface area (Å²) in [5, 5.41) is 16.3. The van der Waals surface area contributed by atoms with Gasteiger partial charge in [0, 0.05) is 19.1 Å². The fraction of sp³-hybridized carbons (Fsp3) is 0.308. The van der Waals surface area contributed by atoms with Gasteiger partial charge >= 0.3 is 5.97 Å². The van der Waals surface area contributed by atoms with Crippen molar-refractivity contribution in [3.05, 3.63) is 46.8 Å². The molecular formula is C13H13F2N3O3. The molecular weight excluding hydrogens is 284 g/mol. The molecule has 0 unspecified atom stereocenters. The first-order valence-electron chi connectivity index (χ1n) is 6.12. The molecule has 1 aromatic heterocycles. The van der Waals surface area contributed by atoms with Crippen molar-refractivity contribution < 1.29 is 23.4 Å². The molecule has 112 valence electrons. The van der Waals surface area contributed by atoms with Crippen LogP contribution in [0.15, 0.2) is 18.2 Å². The molecule has 0 spiro atoms. The Bertz CT molecular complexity index is 638. The second-order valence-electron chi connectivity index (χ2n) is 4.29. The van der Waals surface area contributed by atoms with Crippen LogP contribution in [0.5, 0.6) is 0 Å². The van der Waals surface area contributed by atoms with Gasteiger partial charge in [0.15, 0.2) is 5.69 Å². The average Bonchev–Trinajstić information content (AvgIpc) is 2.83.